The van der Waals surface area contributed by atoms with Crippen molar-refractivity contribution in [2.24, 2.45) is 0 Å². The average Bonchev–Trinajstić information content (AvgIpc) is 2.91. The number of ether oxygens (including phenoxy) is 1. The first-order chi connectivity index (χ1) is 18.3. The van der Waals surface area contributed by atoms with E-state index >= 15 is 0 Å². The molecule has 0 aliphatic carbocycles. The Kier molecular flexibility index (Phi) is 9.67. The van der Waals surface area contributed by atoms with Gasteiger partial charge in [-0.2, -0.15) is 0 Å². The summed E-state index contributed by atoms with van der Waals surface area (Å²) < 4.78 is 6.09. The molecule has 2 heterocycles. The summed E-state index contributed by atoms with van der Waals surface area (Å²) in [6.07, 6.45) is -0.565. The van der Waals surface area contributed by atoms with Crippen molar-refractivity contribution in [2.45, 2.75) is 30.2 Å². The summed E-state index contributed by atoms with van der Waals surface area (Å²) in [6.45, 7) is 2.11. The lowest BCUT2D eigenvalue weighted by Crippen LogP contribution is -2.59. The maximum absolute atomic E-state index is 14.0. The van der Waals surface area contributed by atoms with E-state index in [1.165, 1.54) is 23.6 Å². The number of rotatable bonds is 10. The van der Waals surface area contributed by atoms with Gasteiger partial charge in [-0.25, -0.2) is 4.79 Å². The van der Waals surface area contributed by atoms with Crippen LogP contribution in [0.15, 0.2) is 71.9 Å². The fourth-order valence-electron chi connectivity index (χ4n) is 4.39. The Morgan fingerprint density at radius 2 is 1.58 bits per heavy atom. The van der Waals surface area contributed by atoms with E-state index in [0.717, 1.165) is 11.1 Å². The maximum atomic E-state index is 14.0. The molecule has 0 aromatic heterocycles. The number of alkyl halides is 2. The average molecular weight is 665 g/mol. The zero-order valence-electron chi connectivity index (χ0n) is 20.6. The minimum atomic E-state index is -0.808. The molecule has 1 saturated heterocycles. The van der Waals surface area contributed by atoms with E-state index in [4.69, 9.17) is 4.74 Å². The second-order valence-electron chi connectivity index (χ2n) is 8.68. The quantitative estimate of drug-likeness (QED) is 0.235. The van der Waals surface area contributed by atoms with Crippen LogP contribution in [0.25, 0.3) is 0 Å². The zero-order chi connectivity index (χ0) is 27.2. The normalized spacial score (nSPS) is 18.5. The molecular formula is C27H27Br2N3O5S. The van der Waals surface area contributed by atoms with E-state index in [0.29, 0.717) is 23.7 Å². The number of nitrogens with zero attached hydrogens (tertiary/aromatic N) is 2. The zero-order valence-corrected chi connectivity index (χ0v) is 24.6. The minimum absolute atomic E-state index is 0.0428. The molecule has 2 aliphatic heterocycles. The van der Waals surface area contributed by atoms with E-state index < -0.39 is 23.4 Å². The summed E-state index contributed by atoms with van der Waals surface area (Å²) in [5.74, 6) is -1.85. The Morgan fingerprint density at radius 3 is 2.05 bits per heavy atom. The lowest BCUT2D eigenvalue weighted by atomic mass is 10.0. The second kappa shape index (κ2) is 12.9. The molecule has 8 nitrogen and oxygen atoms in total. The van der Waals surface area contributed by atoms with E-state index in [1.54, 1.807) is 4.90 Å². The minimum Gasteiger partial charge on any atom is -0.448 e. The van der Waals surface area contributed by atoms with Crippen molar-refractivity contribution in [1.29, 1.82) is 0 Å². The van der Waals surface area contributed by atoms with Crippen molar-refractivity contribution < 1.29 is 23.9 Å². The molecule has 2 aromatic carbocycles. The van der Waals surface area contributed by atoms with Crippen LogP contribution in [0.3, 0.4) is 0 Å². The summed E-state index contributed by atoms with van der Waals surface area (Å²) in [7, 11) is 0. The molecule has 2 aliphatic rings. The van der Waals surface area contributed by atoms with Crippen LogP contribution in [-0.2, 0) is 23.9 Å². The van der Waals surface area contributed by atoms with Gasteiger partial charge in [0.2, 0.25) is 11.8 Å². The topological polar surface area (TPSA) is 96.0 Å². The summed E-state index contributed by atoms with van der Waals surface area (Å²) in [4.78, 5) is 55.7. The predicted octanol–water partition coefficient (Wildman–Crippen LogP) is 3.96. The van der Waals surface area contributed by atoms with Crippen LogP contribution < -0.4 is 5.32 Å². The van der Waals surface area contributed by atoms with Gasteiger partial charge in [-0.05, 0) is 11.1 Å². The first kappa shape index (κ1) is 28.4. The van der Waals surface area contributed by atoms with Crippen molar-refractivity contribution >= 4 is 67.3 Å². The van der Waals surface area contributed by atoms with Crippen LogP contribution in [-0.4, -0.2) is 68.0 Å². The number of carbonyl (C=O) groups excluding carboxylic acids is 4. The number of fused-ring (bicyclic) bond motifs is 1. The van der Waals surface area contributed by atoms with Gasteiger partial charge in [-0.1, -0.05) is 92.5 Å². The molecule has 200 valence electrons. The van der Waals surface area contributed by atoms with Crippen LogP contribution in [0.1, 0.15) is 30.6 Å². The third-order valence-corrected chi connectivity index (χ3v) is 8.17. The van der Waals surface area contributed by atoms with Gasteiger partial charge >= 0.3 is 5.97 Å². The number of amides is 3. The Bertz CT molecular complexity index is 1180. The third-order valence-electron chi connectivity index (χ3n) is 6.14. The third kappa shape index (κ3) is 6.16. The van der Waals surface area contributed by atoms with Gasteiger partial charge in [0, 0.05) is 30.7 Å². The standard InChI is InChI=1S/C27H27Br2N3O5S/c1-17(33)30-25-22(26(35)31(14-12-28)15-13-29)23(32-20(34)16-21(32)38-25)27(36)37-24(18-8-4-2-5-9-18)19-10-6-3-7-11-19/h2-11,21,24-25H,12-16H2,1H3,(H,30,33)/t21-,25?/m0/s1. The highest BCUT2D eigenvalue weighted by molar-refractivity contribution is 9.09. The van der Waals surface area contributed by atoms with Crippen molar-refractivity contribution in [3.63, 3.8) is 0 Å². The van der Waals surface area contributed by atoms with E-state index in [9.17, 15) is 19.2 Å². The number of hydrogen-bond acceptors (Lipinski definition) is 6. The molecule has 0 radical (unpaired) electrons. The molecule has 2 atom stereocenters. The molecule has 1 unspecified atom stereocenters. The smallest absolute Gasteiger partial charge is 0.356 e. The molecule has 0 saturated carbocycles. The number of nitrogens with one attached hydrogen (secondary N) is 1. The van der Waals surface area contributed by atoms with E-state index in [2.05, 4.69) is 37.2 Å². The molecule has 2 aromatic rings. The summed E-state index contributed by atoms with van der Waals surface area (Å²) in [6, 6.07) is 18.6. The van der Waals surface area contributed by atoms with Gasteiger partial charge in [0.05, 0.1) is 17.4 Å². The molecule has 0 spiro atoms. The van der Waals surface area contributed by atoms with Crippen LogP contribution in [0, 0.1) is 0 Å². The monoisotopic (exact) mass is 663 g/mol. The molecule has 1 fully saturated rings. The number of carbonyl (C=O) groups is 4. The first-order valence-corrected chi connectivity index (χ1v) is 15.2. The number of esters is 1. The van der Waals surface area contributed by atoms with Gasteiger partial charge in [-0.3, -0.25) is 19.3 Å². The van der Waals surface area contributed by atoms with Gasteiger partial charge in [0.25, 0.3) is 5.91 Å². The number of β-lactam (4-membered cyclic amide) rings is 1. The number of benzene rings is 2. The molecule has 3 amide bonds. The first-order valence-electron chi connectivity index (χ1n) is 12.1. The van der Waals surface area contributed by atoms with Crippen molar-refractivity contribution in [1.82, 2.24) is 15.1 Å². The SMILES string of the molecule is CC(=O)NC1S[C@H]2CC(=O)N2C(C(=O)OC(c2ccccc2)c2ccccc2)=C1C(=O)N(CCBr)CCBr. The van der Waals surface area contributed by atoms with Crippen LogP contribution in [0.2, 0.25) is 0 Å². The number of thioether (sulfide) groups is 1. The van der Waals surface area contributed by atoms with Gasteiger partial charge in [0.15, 0.2) is 6.10 Å². The van der Waals surface area contributed by atoms with Crippen molar-refractivity contribution in [2.75, 3.05) is 23.7 Å². The fourth-order valence-corrected chi connectivity index (χ4v) is 6.73. The maximum Gasteiger partial charge on any atom is 0.356 e. The predicted molar refractivity (Wildman–Crippen MR) is 152 cm³/mol. The van der Waals surface area contributed by atoms with Gasteiger partial charge in [-0.15, -0.1) is 11.8 Å². The Hall–Kier alpha value is -2.63. The highest BCUT2D eigenvalue weighted by atomic mass is 79.9. The van der Waals surface area contributed by atoms with E-state index in [1.807, 2.05) is 60.7 Å². The van der Waals surface area contributed by atoms with Crippen molar-refractivity contribution in [3.8, 4) is 0 Å². The molecule has 4 rings (SSSR count). The highest BCUT2D eigenvalue weighted by Gasteiger charge is 2.51. The molecule has 11 heteroatoms. The Balaban J connectivity index is 1.82. The van der Waals surface area contributed by atoms with Crippen LogP contribution >= 0.6 is 43.6 Å². The van der Waals surface area contributed by atoms with Gasteiger partial charge in [0.1, 0.15) is 11.1 Å². The lowest BCUT2D eigenvalue weighted by Gasteiger charge is -2.47. The number of halogens is 2. The summed E-state index contributed by atoms with van der Waals surface area (Å²) in [5, 5.41) is 2.65. The molecule has 38 heavy (non-hydrogen) atoms. The molecular weight excluding hydrogens is 638 g/mol. The van der Waals surface area contributed by atoms with Crippen LogP contribution in [0.5, 0.6) is 0 Å². The Morgan fingerprint density at radius 1 is 1.03 bits per heavy atom. The number of hydrogen-bond donors (Lipinski definition) is 1. The molecule has 1 N–H and O–H groups in total. The van der Waals surface area contributed by atoms with Crippen LogP contribution in [0.4, 0.5) is 0 Å². The highest BCUT2D eigenvalue weighted by Crippen LogP contribution is 2.44. The Labute approximate surface area is 242 Å². The summed E-state index contributed by atoms with van der Waals surface area (Å²) >= 11 is 8.04. The fraction of sp³-hybridized carbons (Fsp3) is 0.333. The largest absolute Gasteiger partial charge is 0.448 e. The van der Waals surface area contributed by atoms with E-state index in [-0.39, 0.29) is 34.9 Å². The lowest BCUT2D eigenvalue weighted by molar-refractivity contribution is -0.152. The van der Waals surface area contributed by atoms with Crippen molar-refractivity contribution in [3.05, 3.63) is 83.1 Å². The van der Waals surface area contributed by atoms with Gasteiger partial charge < -0.3 is 15.0 Å². The second-order valence-corrected chi connectivity index (χ2v) is 11.6. The summed E-state index contributed by atoms with van der Waals surface area (Å²) in [5.41, 5.74) is 1.42. The molecule has 0 bridgehead atoms.